The molecular weight excluding hydrogens is 378 g/mol. The van der Waals surface area contributed by atoms with Crippen LogP contribution in [0.15, 0.2) is 42.5 Å². The van der Waals surface area contributed by atoms with Crippen LogP contribution in [-0.4, -0.2) is 37.1 Å². The van der Waals surface area contributed by atoms with Crippen molar-refractivity contribution in [1.29, 1.82) is 0 Å². The van der Waals surface area contributed by atoms with Crippen molar-refractivity contribution >= 4 is 28.9 Å². The standard InChI is InChI=1S/C20H23N3O6/c1-3-4-11-21-16-8-6-5-7-15(16)20(25)29-13-19(24)22-17-10-9-14(28-2)12-18(17)23(26)27/h5-10,12,21H,3-4,11,13H2,1-2H3,(H,22,24). The molecule has 0 spiro atoms. The van der Waals surface area contributed by atoms with Crippen LogP contribution in [0.3, 0.4) is 0 Å². The van der Waals surface area contributed by atoms with Crippen molar-refractivity contribution in [3.05, 3.63) is 58.1 Å². The van der Waals surface area contributed by atoms with E-state index in [1.54, 1.807) is 24.3 Å². The highest BCUT2D eigenvalue weighted by Crippen LogP contribution is 2.28. The molecule has 1 amide bonds. The Labute approximate surface area is 168 Å². The molecule has 29 heavy (non-hydrogen) atoms. The Morgan fingerprint density at radius 3 is 2.59 bits per heavy atom. The maximum absolute atomic E-state index is 12.3. The van der Waals surface area contributed by atoms with Gasteiger partial charge in [-0.15, -0.1) is 0 Å². The number of methoxy groups -OCH3 is 1. The number of nitro groups is 1. The summed E-state index contributed by atoms with van der Waals surface area (Å²) in [5, 5.41) is 16.7. The number of benzene rings is 2. The number of amides is 1. The molecule has 0 aliphatic heterocycles. The van der Waals surface area contributed by atoms with Crippen LogP contribution in [0.4, 0.5) is 17.1 Å². The maximum atomic E-state index is 12.3. The number of hydrogen-bond acceptors (Lipinski definition) is 7. The number of unbranched alkanes of at least 4 members (excludes halogenated alkanes) is 1. The summed E-state index contributed by atoms with van der Waals surface area (Å²) in [6.45, 7) is 2.20. The second-order valence-electron chi connectivity index (χ2n) is 6.09. The summed E-state index contributed by atoms with van der Waals surface area (Å²) in [5.41, 5.74) is 0.594. The normalized spacial score (nSPS) is 10.1. The van der Waals surface area contributed by atoms with Crippen LogP contribution in [0.25, 0.3) is 0 Å². The average molecular weight is 401 g/mol. The lowest BCUT2D eigenvalue weighted by Gasteiger charge is -2.12. The molecule has 0 saturated carbocycles. The molecule has 2 rings (SSSR count). The second kappa shape index (κ2) is 10.6. The molecule has 2 aromatic rings. The third-order valence-corrected chi connectivity index (χ3v) is 4.00. The van der Waals surface area contributed by atoms with E-state index in [1.165, 1.54) is 25.3 Å². The van der Waals surface area contributed by atoms with Gasteiger partial charge in [0.25, 0.3) is 11.6 Å². The zero-order chi connectivity index (χ0) is 21.2. The van der Waals surface area contributed by atoms with Crippen LogP contribution in [0.5, 0.6) is 5.75 Å². The van der Waals surface area contributed by atoms with Crippen molar-refractivity contribution in [2.45, 2.75) is 19.8 Å². The number of anilines is 2. The molecule has 0 unspecified atom stereocenters. The van der Waals surface area contributed by atoms with Crippen molar-refractivity contribution in [3.8, 4) is 5.75 Å². The van der Waals surface area contributed by atoms with Crippen LogP contribution in [0.2, 0.25) is 0 Å². The van der Waals surface area contributed by atoms with Crippen molar-refractivity contribution in [3.63, 3.8) is 0 Å². The van der Waals surface area contributed by atoms with Gasteiger partial charge in [-0.25, -0.2) is 4.79 Å². The lowest BCUT2D eigenvalue weighted by atomic mass is 10.1. The third kappa shape index (κ3) is 6.20. The number of nitrogens with one attached hydrogen (secondary N) is 2. The Kier molecular flexibility index (Phi) is 7.96. The van der Waals surface area contributed by atoms with Gasteiger partial charge in [-0.3, -0.25) is 14.9 Å². The van der Waals surface area contributed by atoms with Gasteiger partial charge in [0.1, 0.15) is 11.4 Å². The van der Waals surface area contributed by atoms with Gasteiger partial charge in [-0.1, -0.05) is 25.5 Å². The van der Waals surface area contributed by atoms with Gasteiger partial charge < -0.3 is 20.1 Å². The molecule has 0 aliphatic rings. The van der Waals surface area contributed by atoms with Crippen LogP contribution in [-0.2, 0) is 9.53 Å². The van der Waals surface area contributed by atoms with E-state index in [1.807, 2.05) is 0 Å². The minimum absolute atomic E-state index is 0.0153. The number of carbonyl (C=O) groups is 2. The quantitative estimate of drug-likeness (QED) is 0.270. The van der Waals surface area contributed by atoms with Crippen LogP contribution < -0.4 is 15.4 Å². The Hall–Kier alpha value is -3.62. The fourth-order valence-corrected chi connectivity index (χ4v) is 2.51. The molecule has 0 aliphatic carbocycles. The van der Waals surface area contributed by atoms with E-state index in [9.17, 15) is 19.7 Å². The van der Waals surface area contributed by atoms with Crippen LogP contribution in [0, 0.1) is 10.1 Å². The van der Waals surface area contributed by atoms with Gasteiger partial charge in [0.15, 0.2) is 6.61 Å². The number of rotatable bonds is 10. The molecule has 0 saturated heterocycles. The second-order valence-corrected chi connectivity index (χ2v) is 6.09. The van der Waals surface area contributed by atoms with E-state index in [0.717, 1.165) is 12.8 Å². The van der Waals surface area contributed by atoms with Crippen molar-refractivity contribution in [2.75, 3.05) is 30.9 Å². The molecule has 2 aromatic carbocycles. The van der Waals surface area contributed by atoms with Gasteiger partial charge in [0, 0.05) is 12.2 Å². The summed E-state index contributed by atoms with van der Waals surface area (Å²) in [6.07, 6.45) is 1.96. The molecule has 0 bridgehead atoms. The van der Waals surface area contributed by atoms with E-state index in [-0.39, 0.29) is 17.1 Å². The molecule has 0 aromatic heterocycles. The number of nitrogens with zero attached hydrogens (tertiary/aromatic N) is 1. The highest BCUT2D eigenvalue weighted by atomic mass is 16.6. The van der Waals surface area contributed by atoms with Crippen molar-refractivity contribution < 1.29 is 24.0 Å². The summed E-state index contributed by atoms with van der Waals surface area (Å²) >= 11 is 0. The SMILES string of the molecule is CCCCNc1ccccc1C(=O)OCC(=O)Nc1ccc(OC)cc1[N+](=O)[O-]. The molecule has 2 N–H and O–H groups in total. The molecule has 9 nitrogen and oxygen atoms in total. The number of nitro benzene ring substituents is 1. The Balaban J connectivity index is 2.00. The number of para-hydroxylation sites is 1. The highest BCUT2D eigenvalue weighted by molar-refractivity contribution is 5.99. The lowest BCUT2D eigenvalue weighted by Crippen LogP contribution is -2.22. The summed E-state index contributed by atoms with van der Waals surface area (Å²) in [5.74, 6) is -1.07. The third-order valence-electron chi connectivity index (χ3n) is 4.00. The van der Waals surface area contributed by atoms with Gasteiger partial charge in [-0.05, 0) is 30.7 Å². The number of hydrogen-bond donors (Lipinski definition) is 2. The maximum Gasteiger partial charge on any atom is 0.340 e. The van der Waals surface area contributed by atoms with Gasteiger partial charge in [0.2, 0.25) is 0 Å². The van der Waals surface area contributed by atoms with Crippen molar-refractivity contribution in [2.24, 2.45) is 0 Å². The minimum Gasteiger partial charge on any atom is -0.496 e. The van der Waals surface area contributed by atoms with Crippen LogP contribution in [0.1, 0.15) is 30.1 Å². The Morgan fingerprint density at radius 2 is 1.90 bits per heavy atom. The monoisotopic (exact) mass is 401 g/mol. The largest absolute Gasteiger partial charge is 0.496 e. The van der Waals surface area contributed by atoms with Gasteiger partial charge >= 0.3 is 5.97 Å². The summed E-state index contributed by atoms with van der Waals surface area (Å²) < 4.78 is 10.0. The molecule has 9 heteroatoms. The predicted octanol–water partition coefficient (Wildman–Crippen LogP) is 3.61. The molecule has 0 atom stereocenters. The number of esters is 1. The first-order valence-corrected chi connectivity index (χ1v) is 9.08. The first-order valence-electron chi connectivity index (χ1n) is 9.08. The zero-order valence-electron chi connectivity index (χ0n) is 16.3. The Bertz CT molecular complexity index is 884. The molecular formula is C20H23N3O6. The lowest BCUT2D eigenvalue weighted by molar-refractivity contribution is -0.384. The van der Waals surface area contributed by atoms with Crippen LogP contribution >= 0.6 is 0 Å². The molecule has 0 heterocycles. The van der Waals surface area contributed by atoms with Crippen molar-refractivity contribution in [1.82, 2.24) is 0 Å². The van der Waals surface area contributed by atoms with E-state index in [2.05, 4.69) is 17.6 Å². The topological polar surface area (TPSA) is 120 Å². The smallest absolute Gasteiger partial charge is 0.340 e. The fourth-order valence-electron chi connectivity index (χ4n) is 2.51. The summed E-state index contributed by atoms with van der Waals surface area (Å²) in [6, 6.07) is 10.9. The summed E-state index contributed by atoms with van der Waals surface area (Å²) in [4.78, 5) is 35.0. The van der Waals surface area contributed by atoms with E-state index < -0.39 is 23.4 Å². The summed E-state index contributed by atoms with van der Waals surface area (Å²) in [7, 11) is 1.38. The predicted molar refractivity (Wildman–Crippen MR) is 108 cm³/mol. The van der Waals surface area contributed by atoms with Gasteiger partial charge in [-0.2, -0.15) is 0 Å². The number of ether oxygens (including phenoxy) is 2. The Morgan fingerprint density at radius 1 is 1.14 bits per heavy atom. The van der Waals surface area contributed by atoms with E-state index in [4.69, 9.17) is 9.47 Å². The fraction of sp³-hybridized carbons (Fsp3) is 0.300. The molecule has 0 radical (unpaired) electrons. The minimum atomic E-state index is -0.692. The first kappa shape index (κ1) is 21.7. The zero-order valence-corrected chi connectivity index (χ0v) is 16.3. The first-order chi connectivity index (χ1) is 14.0. The molecule has 154 valence electrons. The van der Waals surface area contributed by atoms with E-state index in [0.29, 0.717) is 17.8 Å². The molecule has 0 fully saturated rings. The van der Waals surface area contributed by atoms with E-state index >= 15 is 0 Å². The average Bonchev–Trinajstić information content (AvgIpc) is 2.72. The highest BCUT2D eigenvalue weighted by Gasteiger charge is 2.19. The van der Waals surface area contributed by atoms with Gasteiger partial charge in [0.05, 0.1) is 23.7 Å². The number of carbonyl (C=O) groups excluding carboxylic acids is 2.